The Morgan fingerprint density at radius 3 is 2.88 bits per heavy atom. The number of aryl methyl sites for hydroxylation is 1. The summed E-state index contributed by atoms with van der Waals surface area (Å²) in [5.41, 5.74) is 1.60. The molecule has 0 spiro atoms. The van der Waals surface area contributed by atoms with E-state index in [1.807, 2.05) is 13.0 Å². The number of hydrogen-bond acceptors (Lipinski definition) is 6. The molecule has 0 aliphatic carbocycles. The highest BCUT2D eigenvalue weighted by Gasteiger charge is 2.27. The fourth-order valence-corrected chi connectivity index (χ4v) is 2.87. The summed E-state index contributed by atoms with van der Waals surface area (Å²) in [5, 5.41) is 7.62. The Morgan fingerprint density at radius 2 is 2.21 bits per heavy atom. The van der Waals surface area contributed by atoms with Crippen LogP contribution in [0.5, 0.6) is 0 Å². The average Bonchev–Trinajstić information content (AvgIpc) is 2.90. The Bertz CT molecular complexity index is 666. The first-order valence-corrected chi connectivity index (χ1v) is 8.61. The molecule has 0 bridgehead atoms. The maximum Gasteiger partial charge on any atom is 0.328 e. The molecule has 1 heterocycles. The number of nitrogens with one attached hydrogen (secondary N) is 3. The quantitative estimate of drug-likeness (QED) is 0.549. The smallest absolute Gasteiger partial charge is 0.328 e. The number of anilines is 1. The second kappa shape index (κ2) is 8.65. The number of cyclic esters (lactones) is 1. The molecule has 9 heteroatoms. The number of hydrogen-bond donors (Lipinski definition) is 3. The van der Waals surface area contributed by atoms with Gasteiger partial charge in [-0.3, -0.25) is 10.1 Å². The predicted octanol–water partition coefficient (Wildman–Crippen LogP) is 1.57. The lowest BCUT2D eigenvalue weighted by molar-refractivity contribution is -0.139. The predicted molar refractivity (Wildman–Crippen MR) is 95.9 cm³/mol. The number of thioether (sulfide) groups is 1. The van der Waals surface area contributed by atoms with Crippen LogP contribution in [0.15, 0.2) is 24.3 Å². The van der Waals surface area contributed by atoms with Crippen LogP contribution in [0.25, 0.3) is 0 Å². The topological polar surface area (TPSA) is 96.5 Å². The number of benzene rings is 1. The standard InChI is InChI=1S/C15H17N3O4S2/c1-9-3-2-4-10(7-9)16-14(21)18-12(19)8-24-15(23)17-11-5-6-22-13(11)20/h2-4,7,11H,5-6,8H2,1H3,(H,17,23)(H2,16,18,19,21)/t11-/m0/s1. The molecule has 0 unspecified atom stereocenters. The minimum atomic E-state index is -0.607. The Labute approximate surface area is 148 Å². The number of carbonyl (C=O) groups excluding carboxylic acids is 3. The van der Waals surface area contributed by atoms with E-state index in [-0.39, 0.29) is 11.7 Å². The minimum absolute atomic E-state index is 0.0329. The van der Waals surface area contributed by atoms with Crippen molar-refractivity contribution in [3.63, 3.8) is 0 Å². The zero-order valence-electron chi connectivity index (χ0n) is 13.0. The van der Waals surface area contributed by atoms with Gasteiger partial charge in [0.15, 0.2) is 0 Å². The number of rotatable bonds is 4. The van der Waals surface area contributed by atoms with Gasteiger partial charge in [-0.05, 0) is 24.6 Å². The van der Waals surface area contributed by atoms with Crippen molar-refractivity contribution < 1.29 is 19.1 Å². The fourth-order valence-electron chi connectivity index (χ4n) is 1.99. The molecule has 1 fully saturated rings. The third kappa shape index (κ3) is 5.82. The number of imide groups is 1. The molecule has 2 rings (SSSR count). The maximum atomic E-state index is 11.7. The van der Waals surface area contributed by atoms with Gasteiger partial charge in [0.2, 0.25) is 5.91 Å². The van der Waals surface area contributed by atoms with Gasteiger partial charge >= 0.3 is 12.0 Å². The van der Waals surface area contributed by atoms with Crippen LogP contribution in [0.4, 0.5) is 10.5 Å². The molecule has 0 saturated carbocycles. The summed E-state index contributed by atoms with van der Waals surface area (Å²) in [6, 6.07) is 6.16. The molecular weight excluding hydrogens is 350 g/mol. The van der Waals surface area contributed by atoms with Crippen LogP contribution in [0.2, 0.25) is 0 Å². The highest BCUT2D eigenvalue weighted by Crippen LogP contribution is 2.10. The highest BCUT2D eigenvalue weighted by molar-refractivity contribution is 8.23. The number of amides is 3. The Hall–Kier alpha value is -2.13. The molecule has 1 aromatic carbocycles. The molecule has 1 saturated heterocycles. The molecule has 128 valence electrons. The van der Waals surface area contributed by atoms with E-state index >= 15 is 0 Å². The molecule has 1 atom stereocenters. The lowest BCUT2D eigenvalue weighted by Gasteiger charge is -2.11. The van der Waals surface area contributed by atoms with Crippen molar-refractivity contribution in [2.24, 2.45) is 0 Å². The van der Waals surface area contributed by atoms with Crippen LogP contribution < -0.4 is 16.0 Å². The van der Waals surface area contributed by atoms with Crippen LogP contribution >= 0.6 is 24.0 Å². The average molecular weight is 367 g/mol. The lowest BCUT2D eigenvalue weighted by Crippen LogP contribution is -2.38. The van der Waals surface area contributed by atoms with Gasteiger partial charge in [0.25, 0.3) is 0 Å². The summed E-state index contributed by atoms with van der Waals surface area (Å²) >= 11 is 6.10. The Morgan fingerprint density at radius 1 is 1.42 bits per heavy atom. The first-order chi connectivity index (χ1) is 11.4. The van der Waals surface area contributed by atoms with Crippen molar-refractivity contribution in [3.05, 3.63) is 29.8 Å². The van der Waals surface area contributed by atoms with E-state index in [1.165, 1.54) is 0 Å². The van der Waals surface area contributed by atoms with Crippen molar-refractivity contribution in [1.29, 1.82) is 0 Å². The van der Waals surface area contributed by atoms with Gasteiger partial charge in [0.1, 0.15) is 10.4 Å². The summed E-state index contributed by atoms with van der Waals surface area (Å²) in [5.74, 6) is -0.863. The second-order valence-electron chi connectivity index (χ2n) is 5.10. The molecule has 7 nitrogen and oxygen atoms in total. The normalized spacial score (nSPS) is 16.2. The molecule has 1 aliphatic rings. The number of urea groups is 1. The maximum absolute atomic E-state index is 11.7. The van der Waals surface area contributed by atoms with E-state index in [1.54, 1.807) is 18.2 Å². The second-order valence-corrected chi connectivity index (χ2v) is 6.75. The molecular formula is C15H17N3O4S2. The number of thiocarbonyl (C=S) groups is 1. The zero-order chi connectivity index (χ0) is 17.5. The van der Waals surface area contributed by atoms with E-state index in [0.29, 0.717) is 23.0 Å². The molecule has 0 aromatic heterocycles. The number of ether oxygens (including phenoxy) is 1. The van der Waals surface area contributed by atoms with Crippen molar-refractivity contribution in [1.82, 2.24) is 10.6 Å². The first-order valence-electron chi connectivity index (χ1n) is 7.21. The van der Waals surface area contributed by atoms with Gasteiger partial charge < -0.3 is 15.4 Å². The minimum Gasteiger partial charge on any atom is -0.464 e. The van der Waals surface area contributed by atoms with Crippen LogP contribution in [0.3, 0.4) is 0 Å². The number of esters is 1. The van der Waals surface area contributed by atoms with Crippen molar-refractivity contribution in [2.45, 2.75) is 19.4 Å². The molecule has 3 amide bonds. The van der Waals surface area contributed by atoms with Crippen molar-refractivity contribution >= 4 is 51.9 Å². The lowest BCUT2D eigenvalue weighted by atomic mass is 10.2. The van der Waals surface area contributed by atoms with Crippen LogP contribution in [-0.4, -0.2) is 40.6 Å². The van der Waals surface area contributed by atoms with E-state index in [0.717, 1.165) is 17.3 Å². The first kappa shape index (κ1) is 18.2. The monoisotopic (exact) mass is 367 g/mol. The third-order valence-electron chi connectivity index (χ3n) is 3.09. The number of carbonyl (C=O) groups is 3. The summed E-state index contributed by atoms with van der Waals surface area (Å²) in [6.07, 6.45) is 0.546. The van der Waals surface area contributed by atoms with E-state index < -0.39 is 18.0 Å². The summed E-state index contributed by atoms with van der Waals surface area (Å²) in [4.78, 5) is 34.8. The van der Waals surface area contributed by atoms with Gasteiger partial charge in [0, 0.05) is 12.1 Å². The third-order valence-corrected chi connectivity index (χ3v) is 4.35. The summed E-state index contributed by atoms with van der Waals surface area (Å²) in [6.45, 7) is 2.27. The summed E-state index contributed by atoms with van der Waals surface area (Å²) < 4.78 is 5.12. The van der Waals surface area contributed by atoms with E-state index in [4.69, 9.17) is 17.0 Å². The molecule has 3 N–H and O–H groups in total. The molecule has 1 aromatic rings. The zero-order valence-corrected chi connectivity index (χ0v) is 14.6. The largest absolute Gasteiger partial charge is 0.464 e. The van der Waals surface area contributed by atoms with Gasteiger partial charge in [-0.15, -0.1) is 0 Å². The van der Waals surface area contributed by atoms with Gasteiger partial charge in [0.05, 0.1) is 12.4 Å². The van der Waals surface area contributed by atoms with E-state index in [9.17, 15) is 14.4 Å². The highest BCUT2D eigenvalue weighted by atomic mass is 32.2. The molecule has 1 aliphatic heterocycles. The van der Waals surface area contributed by atoms with E-state index in [2.05, 4.69) is 16.0 Å². The van der Waals surface area contributed by atoms with Gasteiger partial charge in [-0.25, -0.2) is 9.59 Å². The van der Waals surface area contributed by atoms with Crippen LogP contribution in [0.1, 0.15) is 12.0 Å². The van der Waals surface area contributed by atoms with Crippen LogP contribution in [0, 0.1) is 6.92 Å². The fraction of sp³-hybridized carbons (Fsp3) is 0.333. The summed E-state index contributed by atoms with van der Waals surface area (Å²) in [7, 11) is 0. The van der Waals surface area contributed by atoms with Crippen molar-refractivity contribution in [2.75, 3.05) is 17.7 Å². The molecule has 0 radical (unpaired) electrons. The SMILES string of the molecule is Cc1cccc(NC(=O)NC(=O)CSC(=S)N[C@H]2CCOC2=O)c1. The van der Waals surface area contributed by atoms with Crippen LogP contribution in [-0.2, 0) is 14.3 Å². The van der Waals surface area contributed by atoms with Crippen molar-refractivity contribution in [3.8, 4) is 0 Å². The van der Waals surface area contributed by atoms with Gasteiger partial charge in [-0.1, -0.05) is 36.1 Å². The Kier molecular flexibility index (Phi) is 6.56. The molecule has 24 heavy (non-hydrogen) atoms. The Balaban J connectivity index is 1.69. The van der Waals surface area contributed by atoms with Gasteiger partial charge in [-0.2, -0.15) is 0 Å².